The first-order chi connectivity index (χ1) is 6.34. The number of ether oxygens (including phenoxy) is 2. The Hall–Kier alpha value is -0.910. The molecule has 0 saturated heterocycles. The first-order valence-electron chi connectivity index (χ1n) is 4.22. The molecule has 0 spiro atoms. The van der Waals surface area contributed by atoms with Crippen molar-refractivity contribution in [2.24, 2.45) is 0 Å². The van der Waals surface area contributed by atoms with Gasteiger partial charge < -0.3 is 19.7 Å². The molecule has 3 unspecified atom stereocenters. The Morgan fingerprint density at radius 1 is 1.36 bits per heavy atom. The number of carbonyl (C=O) groups is 1. The van der Waals surface area contributed by atoms with Gasteiger partial charge in [0.05, 0.1) is 0 Å². The van der Waals surface area contributed by atoms with Crippen molar-refractivity contribution in [3.05, 3.63) is 12.2 Å². The van der Waals surface area contributed by atoms with Crippen LogP contribution in [-0.2, 0) is 14.3 Å². The molecule has 0 aromatic carbocycles. The van der Waals surface area contributed by atoms with Gasteiger partial charge in [-0.25, -0.2) is 4.79 Å². The summed E-state index contributed by atoms with van der Waals surface area (Å²) in [5.74, 6) is -0.670. The van der Waals surface area contributed by atoms with Gasteiger partial charge in [0.2, 0.25) is 6.29 Å². The molecule has 5 nitrogen and oxygen atoms in total. The molecular weight excluding hydrogens is 188 g/mol. The number of esters is 1. The Morgan fingerprint density at radius 3 is 2.14 bits per heavy atom. The van der Waals surface area contributed by atoms with Crippen LogP contribution in [0.4, 0.5) is 0 Å². The molecule has 3 atom stereocenters. The minimum Gasteiger partial charge on any atom is -0.429 e. The third-order valence-electron chi connectivity index (χ3n) is 1.30. The normalized spacial score (nSPS) is 16.9. The summed E-state index contributed by atoms with van der Waals surface area (Å²) in [6, 6.07) is 0. The smallest absolute Gasteiger partial charge is 0.335 e. The Balaban J connectivity index is 4.23. The van der Waals surface area contributed by atoms with Crippen molar-refractivity contribution in [2.75, 3.05) is 0 Å². The van der Waals surface area contributed by atoms with Gasteiger partial charge >= 0.3 is 5.97 Å². The molecule has 5 heteroatoms. The second kappa shape index (κ2) is 5.74. The van der Waals surface area contributed by atoms with E-state index < -0.39 is 24.7 Å². The summed E-state index contributed by atoms with van der Waals surface area (Å²) in [5.41, 5.74) is 0.199. The van der Waals surface area contributed by atoms with Crippen LogP contribution in [0, 0.1) is 0 Å². The zero-order chi connectivity index (χ0) is 11.3. The zero-order valence-electron chi connectivity index (χ0n) is 8.56. The standard InChI is InChI=1S/C9H16O5/c1-5(2)8(12)14-9(6(3)10)13-7(4)11/h6-7,9-11H,1H2,2-4H3. The summed E-state index contributed by atoms with van der Waals surface area (Å²) in [4.78, 5) is 11.0. The van der Waals surface area contributed by atoms with E-state index in [9.17, 15) is 4.79 Å². The molecule has 2 N–H and O–H groups in total. The van der Waals surface area contributed by atoms with Crippen molar-refractivity contribution in [3.8, 4) is 0 Å². The van der Waals surface area contributed by atoms with E-state index >= 15 is 0 Å². The van der Waals surface area contributed by atoms with Crippen molar-refractivity contribution >= 4 is 5.97 Å². The molecule has 14 heavy (non-hydrogen) atoms. The molecule has 0 aliphatic carbocycles. The Kier molecular flexibility index (Phi) is 5.37. The van der Waals surface area contributed by atoms with E-state index in [4.69, 9.17) is 19.7 Å². The zero-order valence-corrected chi connectivity index (χ0v) is 8.56. The SMILES string of the molecule is C=C(C)C(=O)OC(OC(C)O)C(C)O. The fourth-order valence-electron chi connectivity index (χ4n) is 0.640. The third-order valence-corrected chi connectivity index (χ3v) is 1.30. The van der Waals surface area contributed by atoms with E-state index in [0.717, 1.165) is 0 Å². The van der Waals surface area contributed by atoms with E-state index in [1.54, 1.807) is 0 Å². The molecule has 0 amide bonds. The molecule has 0 aromatic rings. The van der Waals surface area contributed by atoms with Crippen molar-refractivity contribution < 1.29 is 24.5 Å². The lowest BCUT2D eigenvalue weighted by Gasteiger charge is -2.22. The average molecular weight is 204 g/mol. The summed E-state index contributed by atoms with van der Waals surface area (Å²) in [5, 5.41) is 18.0. The molecule has 0 aliphatic rings. The molecule has 0 heterocycles. The van der Waals surface area contributed by atoms with Crippen molar-refractivity contribution in [2.45, 2.75) is 39.5 Å². The first-order valence-corrected chi connectivity index (χ1v) is 4.22. The van der Waals surface area contributed by atoms with Crippen LogP contribution < -0.4 is 0 Å². The second-order valence-electron chi connectivity index (χ2n) is 3.03. The van der Waals surface area contributed by atoms with Crippen LogP contribution >= 0.6 is 0 Å². The van der Waals surface area contributed by atoms with Gasteiger partial charge in [-0.1, -0.05) is 6.58 Å². The van der Waals surface area contributed by atoms with E-state index in [1.165, 1.54) is 20.8 Å². The highest BCUT2D eigenvalue weighted by Gasteiger charge is 2.22. The highest BCUT2D eigenvalue weighted by molar-refractivity contribution is 5.87. The Bertz CT molecular complexity index is 209. The van der Waals surface area contributed by atoms with Crippen molar-refractivity contribution in [3.63, 3.8) is 0 Å². The third kappa shape index (κ3) is 4.96. The van der Waals surface area contributed by atoms with Gasteiger partial charge in [-0.2, -0.15) is 0 Å². The van der Waals surface area contributed by atoms with Gasteiger partial charge in [-0.15, -0.1) is 0 Å². The molecule has 82 valence electrons. The highest BCUT2D eigenvalue weighted by atomic mass is 16.7. The summed E-state index contributed by atoms with van der Waals surface area (Å²) in [6.45, 7) is 7.59. The molecular formula is C9H16O5. The molecule has 0 bridgehead atoms. The summed E-state index contributed by atoms with van der Waals surface area (Å²) < 4.78 is 9.47. The van der Waals surface area contributed by atoms with Gasteiger partial charge in [0, 0.05) is 5.57 Å². The maximum absolute atomic E-state index is 11.0. The van der Waals surface area contributed by atoms with Crippen LogP contribution in [0.5, 0.6) is 0 Å². The predicted molar refractivity (Wildman–Crippen MR) is 49.1 cm³/mol. The maximum Gasteiger partial charge on any atom is 0.335 e. The monoisotopic (exact) mass is 204 g/mol. The number of hydrogen-bond acceptors (Lipinski definition) is 5. The lowest BCUT2D eigenvalue weighted by atomic mass is 10.3. The number of aliphatic hydroxyl groups is 2. The van der Waals surface area contributed by atoms with Crippen molar-refractivity contribution in [1.29, 1.82) is 0 Å². The van der Waals surface area contributed by atoms with Gasteiger partial charge in [0.1, 0.15) is 6.10 Å². The van der Waals surface area contributed by atoms with Crippen LogP contribution in [0.25, 0.3) is 0 Å². The van der Waals surface area contributed by atoms with E-state index in [1.807, 2.05) is 0 Å². The Labute approximate surface area is 82.9 Å². The largest absolute Gasteiger partial charge is 0.429 e. The van der Waals surface area contributed by atoms with E-state index in [0.29, 0.717) is 0 Å². The van der Waals surface area contributed by atoms with Crippen LogP contribution in [0.15, 0.2) is 12.2 Å². The second-order valence-corrected chi connectivity index (χ2v) is 3.03. The molecule has 0 rings (SSSR count). The van der Waals surface area contributed by atoms with Crippen molar-refractivity contribution in [1.82, 2.24) is 0 Å². The summed E-state index contributed by atoms with van der Waals surface area (Å²) >= 11 is 0. The van der Waals surface area contributed by atoms with Gasteiger partial charge in [0.15, 0.2) is 6.29 Å². The topological polar surface area (TPSA) is 76.0 Å². The van der Waals surface area contributed by atoms with E-state index in [-0.39, 0.29) is 5.57 Å². The quantitative estimate of drug-likeness (QED) is 0.379. The number of carbonyl (C=O) groups excluding carboxylic acids is 1. The minimum atomic E-state index is -1.18. The lowest BCUT2D eigenvalue weighted by molar-refractivity contribution is -0.243. The number of rotatable bonds is 5. The van der Waals surface area contributed by atoms with Gasteiger partial charge in [-0.3, -0.25) is 0 Å². The van der Waals surface area contributed by atoms with Gasteiger partial charge in [-0.05, 0) is 20.8 Å². The highest BCUT2D eigenvalue weighted by Crippen LogP contribution is 2.07. The van der Waals surface area contributed by atoms with Crippen LogP contribution in [0.3, 0.4) is 0 Å². The van der Waals surface area contributed by atoms with E-state index in [2.05, 4.69) is 6.58 Å². The number of hydrogen-bond donors (Lipinski definition) is 2. The average Bonchev–Trinajstić information content (AvgIpc) is 2.01. The molecule has 0 radical (unpaired) electrons. The summed E-state index contributed by atoms with van der Waals surface area (Å²) in [6.07, 6.45) is -3.32. The molecule has 0 aromatic heterocycles. The fourth-order valence-corrected chi connectivity index (χ4v) is 0.640. The molecule has 0 saturated carbocycles. The predicted octanol–water partition coefficient (Wildman–Crippen LogP) is 0.167. The summed E-state index contributed by atoms with van der Waals surface area (Å²) in [7, 11) is 0. The van der Waals surface area contributed by atoms with Gasteiger partial charge in [0.25, 0.3) is 0 Å². The Morgan fingerprint density at radius 2 is 1.86 bits per heavy atom. The molecule has 0 fully saturated rings. The van der Waals surface area contributed by atoms with Crippen LogP contribution in [0.1, 0.15) is 20.8 Å². The van der Waals surface area contributed by atoms with Crippen LogP contribution in [-0.4, -0.2) is 34.9 Å². The molecule has 0 aliphatic heterocycles. The lowest BCUT2D eigenvalue weighted by Crippen LogP contribution is -2.34. The maximum atomic E-state index is 11.0. The first kappa shape index (κ1) is 13.1. The fraction of sp³-hybridized carbons (Fsp3) is 0.667. The minimum absolute atomic E-state index is 0.199. The number of aliphatic hydroxyl groups excluding tert-OH is 2. The van der Waals surface area contributed by atoms with Crippen LogP contribution in [0.2, 0.25) is 0 Å².